The van der Waals surface area contributed by atoms with Crippen molar-refractivity contribution in [1.29, 1.82) is 0 Å². The summed E-state index contributed by atoms with van der Waals surface area (Å²) in [5, 5.41) is 3.05. The number of rotatable bonds is 11. The van der Waals surface area contributed by atoms with Crippen LogP contribution < -0.4 is 5.32 Å². The van der Waals surface area contributed by atoms with Gasteiger partial charge in [-0.15, -0.1) is 11.8 Å². The summed E-state index contributed by atoms with van der Waals surface area (Å²) in [5.74, 6) is 0.936. The van der Waals surface area contributed by atoms with Crippen molar-refractivity contribution >= 4 is 23.6 Å². The van der Waals surface area contributed by atoms with Gasteiger partial charge < -0.3 is 10.2 Å². The second-order valence-corrected chi connectivity index (χ2v) is 10.3. The number of hydrogen-bond acceptors (Lipinski definition) is 3. The van der Waals surface area contributed by atoms with Crippen molar-refractivity contribution in [3.63, 3.8) is 0 Å². The SMILES string of the molecule is Cc1ccc(CSCC(=O)N(Cc2ccccc2C)[C@H](Cc2ccccc2)C(=O)NC(C)C)cc1. The van der Waals surface area contributed by atoms with Gasteiger partial charge in [0.1, 0.15) is 6.04 Å². The molecule has 0 radical (unpaired) electrons. The number of nitrogens with one attached hydrogen (secondary N) is 1. The van der Waals surface area contributed by atoms with Crippen LogP contribution in [0, 0.1) is 13.8 Å². The Morgan fingerprint density at radius 2 is 1.51 bits per heavy atom. The lowest BCUT2D eigenvalue weighted by molar-refractivity contribution is -0.139. The highest BCUT2D eigenvalue weighted by atomic mass is 32.2. The smallest absolute Gasteiger partial charge is 0.243 e. The van der Waals surface area contributed by atoms with Crippen molar-refractivity contribution in [2.75, 3.05) is 5.75 Å². The van der Waals surface area contributed by atoms with E-state index in [1.54, 1.807) is 16.7 Å². The molecule has 4 nitrogen and oxygen atoms in total. The van der Waals surface area contributed by atoms with Crippen LogP contribution >= 0.6 is 11.8 Å². The first kappa shape index (κ1) is 26.6. The standard InChI is InChI=1S/C30H36N2O2S/c1-22(2)31-30(34)28(18-25-11-6-5-7-12-25)32(19-27-13-9-8-10-24(27)4)29(33)21-35-20-26-16-14-23(3)15-17-26/h5-17,22,28H,18-21H2,1-4H3,(H,31,34)/t28-/m1/s1. The molecule has 3 aromatic rings. The molecule has 3 rings (SSSR count). The Hall–Kier alpha value is -3.05. The second-order valence-electron chi connectivity index (χ2n) is 9.30. The molecule has 0 unspecified atom stereocenters. The van der Waals surface area contributed by atoms with Crippen molar-refractivity contribution in [2.24, 2.45) is 0 Å². The largest absolute Gasteiger partial charge is 0.352 e. The average Bonchev–Trinajstić information content (AvgIpc) is 2.83. The summed E-state index contributed by atoms with van der Waals surface area (Å²) in [6, 6.07) is 25.8. The number of thioether (sulfide) groups is 1. The average molecular weight is 489 g/mol. The van der Waals surface area contributed by atoms with Crippen LogP contribution in [0.3, 0.4) is 0 Å². The number of benzene rings is 3. The molecule has 1 N–H and O–H groups in total. The van der Waals surface area contributed by atoms with E-state index < -0.39 is 6.04 Å². The van der Waals surface area contributed by atoms with Crippen molar-refractivity contribution < 1.29 is 9.59 Å². The summed E-state index contributed by atoms with van der Waals surface area (Å²) in [5.41, 5.74) is 5.61. The Morgan fingerprint density at radius 1 is 0.857 bits per heavy atom. The van der Waals surface area contributed by atoms with E-state index in [-0.39, 0.29) is 17.9 Å². The lowest BCUT2D eigenvalue weighted by atomic mass is 10.0. The second kappa shape index (κ2) is 13.1. The summed E-state index contributed by atoms with van der Waals surface area (Å²) in [7, 11) is 0. The molecule has 0 spiro atoms. The van der Waals surface area contributed by atoms with E-state index in [1.165, 1.54) is 11.1 Å². The van der Waals surface area contributed by atoms with E-state index in [0.717, 1.165) is 22.4 Å². The topological polar surface area (TPSA) is 49.4 Å². The number of aryl methyl sites for hydroxylation is 2. The van der Waals surface area contributed by atoms with Crippen LogP contribution in [0.15, 0.2) is 78.9 Å². The number of hydrogen-bond donors (Lipinski definition) is 1. The lowest BCUT2D eigenvalue weighted by Crippen LogP contribution is -2.52. The molecule has 0 aromatic heterocycles. The predicted octanol–water partition coefficient (Wildman–Crippen LogP) is 5.70. The minimum absolute atomic E-state index is 0.00732. The van der Waals surface area contributed by atoms with Crippen molar-refractivity contribution in [2.45, 2.75) is 58.5 Å². The third-order valence-electron chi connectivity index (χ3n) is 5.92. The summed E-state index contributed by atoms with van der Waals surface area (Å²) < 4.78 is 0. The monoisotopic (exact) mass is 488 g/mol. The molecule has 5 heteroatoms. The van der Waals surface area contributed by atoms with E-state index in [1.807, 2.05) is 75.4 Å². The Balaban J connectivity index is 1.85. The molecule has 0 aliphatic heterocycles. The minimum atomic E-state index is -0.591. The maximum absolute atomic E-state index is 13.7. The van der Waals surface area contributed by atoms with Gasteiger partial charge in [-0.3, -0.25) is 9.59 Å². The predicted molar refractivity (Wildman–Crippen MR) is 146 cm³/mol. The van der Waals surface area contributed by atoms with Crippen LogP contribution in [0.4, 0.5) is 0 Å². The zero-order chi connectivity index (χ0) is 25.2. The van der Waals surface area contributed by atoms with Gasteiger partial charge in [0.2, 0.25) is 11.8 Å². The van der Waals surface area contributed by atoms with E-state index in [2.05, 4.69) is 36.5 Å². The molecule has 0 aliphatic carbocycles. The quantitative estimate of drug-likeness (QED) is 0.377. The van der Waals surface area contributed by atoms with Gasteiger partial charge in [-0.1, -0.05) is 84.4 Å². The fourth-order valence-electron chi connectivity index (χ4n) is 3.93. The summed E-state index contributed by atoms with van der Waals surface area (Å²) in [6.45, 7) is 8.41. The maximum Gasteiger partial charge on any atom is 0.243 e. The van der Waals surface area contributed by atoms with Crippen LogP contribution in [0.1, 0.15) is 41.7 Å². The van der Waals surface area contributed by atoms with Gasteiger partial charge in [0.15, 0.2) is 0 Å². The van der Waals surface area contributed by atoms with Crippen LogP contribution in [0.2, 0.25) is 0 Å². The van der Waals surface area contributed by atoms with Gasteiger partial charge in [-0.25, -0.2) is 0 Å². The summed E-state index contributed by atoms with van der Waals surface area (Å²) >= 11 is 1.59. The summed E-state index contributed by atoms with van der Waals surface area (Å²) in [6.07, 6.45) is 0.472. The molecule has 0 saturated carbocycles. The van der Waals surface area contributed by atoms with Crippen LogP contribution in [0.5, 0.6) is 0 Å². The first-order chi connectivity index (χ1) is 16.8. The first-order valence-electron chi connectivity index (χ1n) is 12.1. The number of nitrogens with zero attached hydrogens (tertiary/aromatic N) is 1. The fourth-order valence-corrected chi connectivity index (χ4v) is 4.80. The number of amides is 2. The normalized spacial score (nSPS) is 11.8. The van der Waals surface area contributed by atoms with Gasteiger partial charge in [0.25, 0.3) is 0 Å². The van der Waals surface area contributed by atoms with E-state index >= 15 is 0 Å². The highest BCUT2D eigenvalue weighted by molar-refractivity contribution is 7.99. The molecule has 184 valence electrons. The Morgan fingerprint density at radius 3 is 2.17 bits per heavy atom. The Kier molecular flexibility index (Phi) is 9.98. The molecular weight excluding hydrogens is 452 g/mol. The molecule has 0 heterocycles. The van der Waals surface area contributed by atoms with Gasteiger partial charge in [0, 0.05) is 24.8 Å². The molecule has 2 amide bonds. The Bertz CT molecular complexity index is 1100. The lowest BCUT2D eigenvalue weighted by Gasteiger charge is -2.32. The molecule has 0 bridgehead atoms. The van der Waals surface area contributed by atoms with E-state index in [4.69, 9.17) is 0 Å². The van der Waals surface area contributed by atoms with Crippen molar-refractivity contribution in [3.05, 3.63) is 107 Å². The molecule has 35 heavy (non-hydrogen) atoms. The molecule has 0 fully saturated rings. The third kappa shape index (κ3) is 8.29. The number of carbonyl (C=O) groups is 2. The van der Waals surface area contributed by atoms with Gasteiger partial charge in [-0.2, -0.15) is 0 Å². The van der Waals surface area contributed by atoms with Crippen LogP contribution in [0.25, 0.3) is 0 Å². The fraction of sp³-hybridized carbons (Fsp3) is 0.333. The van der Waals surface area contributed by atoms with Crippen LogP contribution in [-0.2, 0) is 28.3 Å². The zero-order valence-corrected chi connectivity index (χ0v) is 22.0. The molecule has 1 atom stereocenters. The highest BCUT2D eigenvalue weighted by Gasteiger charge is 2.30. The zero-order valence-electron chi connectivity index (χ0n) is 21.2. The van der Waals surface area contributed by atoms with Crippen molar-refractivity contribution in [3.8, 4) is 0 Å². The Labute approximate surface area is 214 Å². The first-order valence-corrected chi connectivity index (χ1v) is 13.3. The molecule has 3 aromatic carbocycles. The molecular formula is C30H36N2O2S. The van der Waals surface area contributed by atoms with Crippen LogP contribution in [-0.4, -0.2) is 34.6 Å². The van der Waals surface area contributed by atoms with Gasteiger partial charge in [-0.05, 0) is 49.9 Å². The van der Waals surface area contributed by atoms with Crippen molar-refractivity contribution in [1.82, 2.24) is 10.2 Å². The van der Waals surface area contributed by atoms with E-state index in [9.17, 15) is 9.59 Å². The third-order valence-corrected chi connectivity index (χ3v) is 6.91. The number of carbonyl (C=O) groups excluding carboxylic acids is 2. The highest BCUT2D eigenvalue weighted by Crippen LogP contribution is 2.20. The minimum Gasteiger partial charge on any atom is -0.352 e. The summed E-state index contributed by atoms with van der Waals surface area (Å²) in [4.78, 5) is 28.8. The van der Waals surface area contributed by atoms with Gasteiger partial charge in [0.05, 0.1) is 5.75 Å². The maximum atomic E-state index is 13.7. The molecule has 0 aliphatic rings. The van der Waals surface area contributed by atoms with E-state index in [0.29, 0.717) is 18.7 Å². The van der Waals surface area contributed by atoms with Gasteiger partial charge >= 0.3 is 0 Å². The molecule has 0 saturated heterocycles.